The van der Waals surface area contributed by atoms with Crippen LogP contribution in [0.2, 0.25) is 0 Å². The Labute approximate surface area is 96.4 Å². The zero-order chi connectivity index (χ0) is 11.1. The molecule has 0 N–H and O–H groups in total. The van der Waals surface area contributed by atoms with E-state index in [0.717, 1.165) is 25.3 Å². The fraction of sp³-hybridized carbons (Fsp3) is 0.727. The van der Waals surface area contributed by atoms with Gasteiger partial charge in [0.15, 0.2) is 6.73 Å². The summed E-state index contributed by atoms with van der Waals surface area (Å²) >= 11 is 1.88. The number of rotatable bonds is 7. The van der Waals surface area contributed by atoms with Gasteiger partial charge in [-0.25, -0.2) is 9.13 Å². The van der Waals surface area contributed by atoms with Crippen molar-refractivity contribution in [3.63, 3.8) is 0 Å². The van der Waals surface area contributed by atoms with Crippen LogP contribution in [-0.2, 0) is 24.4 Å². The maximum Gasteiger partial charge on any atom is 0.258 e. The molecule has 0 atom stereocenters. The molecular formula is C11H21N2OS+. The van der Waals surface area contributed by atoms with Crippen molar-refractivity contribution in [2.75, 3.05) is 18.6 Å². The summed E-state index contributed by atoms with van der Waals surface area (Å²) in [7, 11) is 0. The van der Waals surface area contributed by atoms with Gasteiger partial charge in [-0.05, 0) is 13.2 Å². The molecule has 0 aliphatic rings. The smallest absolute Gasteiger partial charge is 0.258 e. The van der Waals surface area contributed by atoms with Gasteiger partial charge in [0.2, 0.25) is 0 Å². The number of thioether (sulfide) groups is 1. The van der Waals surface area contributed by atoms with Gasteiger partial charge < -0.3 is 4.74 Å². The van der Waals surface area contributed by atoms with Crippen molar-refractivity contribution in [1.29, 1.82) is 0 Å². The minimum atomic E-state index is 0.673. The SMILES string of the molecule is CCOC[n+]1ccn(CCSC)c1CC. The van der Waals surface area contributed by atoms with Gasteiger partial charge in [-0.3, -0.25) is 0 Å². The van der Waals surface area contributed by atoms with Crippen LogP contribution in [-0.4, -0.2) is 23.2 Å². The average Bonchev–Trinajstić information content (AvgIpc) is 2.65. The summed E-state index contributed by atoms with van der Waals surface area (Å²) < 4.78 is 9.92. The van der Waals surface area contributed by atoms with E-state index in [1.165, 1.54) is 5.82 Å². The number of aromatic nitrogens is 2. The zero-order valence-corrected chi connectivity index (χ0v) is 10.7. The summed E-state index contributed by atoms with van der Waals surface area (Å²) in [6.45, 7) is 6.74. The van der Waals surface area contributed by atoms with Gasteiger partial charge in [0.1, 0.15) is 12.4 Å². The van der Waals surface area contributed by atoms with Crippen LogP contribution in [0.25, 0.3) is 0 Å². The highest BCUT2D eigenvalue weighted by molar-refractivity contribution is 7.98. The van der Waals surface area contributed by atoms with Crippen LogP contribution < -0.4 is 4.57 Å². The Morgan fingerprint density at radius 3 is 2.87 bits per heavy atom. The van der Waals surface area contributed by atoms with Crippen molar-refractivity contribution in [3.05, 3.63) is 18.2 Å². The number of nitrogens with zero attached hydrogens (tertiary/aromatic N) is 2. The minimum Gasteiger partial charge on any atom is -0.342 e. The van der Waals surface area contributed by atoms with Gasteiger partial charge >= 0.3 is 0 Å². The molecule has 0 saturated heterocycles. The molecule has 0 fully saturated rings. The van der Waals surface area contributed by atoms with E-state index >= 15 is 0 Å². The lowest BCUT2D eigenvalue weighted by atomic mass is 10.4. The first kappa shape index (κ1) is 12.6. The Kier molecular flexibility index (Phi) is 5.79. The summed E-state index contributed by atoms with van der Waals surface area (Å²) in [6, 6.07) is 0. The van der Waals surface area contributed by atoms with Gasteiger partial charge in [0.05, 0.1) is 6.54 Å². The van der Waals surface area contributed by atoms with E-state index in [1.54, 1.807) is 0 Å². The maximum absolute atomic E-state index is 5.42. The Morgan fingerprint density at radius 1 is 1.47 bits per heavy atom. The molecular weight excluding hydrogens is 208 g/mol. The fourth-order valence-electron chi connectivity index (χ4n) is 1.60. The van der Waals surface area contributed by atoms with E-state index in [-0.39, 0.29) is 0 Å². The number of ether oxygens (including phenoxy) is 1. The summed E-state index contributed by atoms with van der Waals surface area (Å²) in [4.78, 5) is 0. The molecule has 0 amide bonds. The van der Waals surface area contributed by atoms with Crippen LogP contribution in [0.3, 0.4) is 0 Å². The summed E-state index contributed by atoms with van der Waals surface area (Å²) in [5.41, 5.74) is 0. The van der Waals surface area contributed by atoms with E-state index in [9.17, 15) is 0 Å². The highest BCUT2D eigenvalue weighted by atomic mass is 32.2. The molecule has 15 heavy (non-hydrogen) atoms. The van der Waals surface area contributed by atoms with Gasteiger partial charge in [0, 0.05) is 18.8 Å². The molecule has 0 saturated carbocycles. The molecule has 0 unspecified atom stereocenters. The zero-order valence-electron chi connectivity index (χ0n) is 9.90. The number of imidazole rings is 1. The predicted octanol–water partition coefficient (Wildman–Crippen LogP) is 1.70. The maximum atomic E-state index is 5.42. The third-order valence-corrected chi connectivity index (χ3v) is 2.97. The van der Waals surface area contributed by atoms with Crippen LogP contribution in [0.5, 0.6) is 0 Å². The third-order valence-electron chi connectivity index (χ3n) is 2.38. The molecule has 4 heteroatoms. The molecule has 3 nitrogen and oxygen atoms in total. The molecule has 0 radical (unpaired) electrons. The standard InChI is InChI=1S/C11H21N2OS/c1-4-11-12(8-9-15-3)6-7-13(11)10-14-5-2/h6-7H,4-5,8-10H2,1-3H3/q+1. The molecule has 0 aromatic carbocycles. The molecule has 0 bridgehead atoms. The molecule has 0 aliphatic heterocycles. The summed E-state index contributed by atoms with van der Waals surface area (Å²) in [5, 5.41) is 0. The lowest BCUT2D eigenvalue weighted by Gasteiger charge is -2.02. The minimum absolute atomic E-state index is 0.673. The highest BCUT2D eigenvalue weighted by Gasteiger charge is 2.14. The first-order valence-electron chi connectivity index (χ1n) is 5.47. The first-order chi connectivity index (χ1) is 7.33. The molecule has 1 heterocycles. The molecule has 86 valence electrons. The Morgan fingerprint density at radius 2 is 2.27 bits per heavy atom. The molecule has 1 rings (SSSR count). The molecule has 1 aromatic rings. The van der Waals surface area contributed by atoms with Crippen LogP contribution in [0.15, 0.2) is 12.4 Å². The largest absolute Gasteiger partial charge is 0.342 e. The van der Waals surface area contributed by atoms with E-state index in [4.69, 9.17) is 4.74 Å². The van der Waals surface area contributed by atoms with Gasteiger partial charge in [-0.15, -0.1) is 0 Å². The third kappa shape index (κ3) is 3.54. The predicted molar refractivity (Wildman–Crippen MR) is 64.0 cm³/mol. The van der Waals surface area contributed by atoms with Crippen molar-refractivity contribution < 1.29 is 9.30 Å². The normalized spacial score (nSPS) is 10.9. The summed E-state index contributed by atoms with van der Waals surface area (Å²) in [6.07, 6.45) is 7.45. The molecule has 1 aromatic heterocycles. The number of hydrogen-bond acceptors (Lipinski definition) is 2. The summed E-state index contributed by atoms with van der Waals surface area (Å²) in [5.74, 6) is 2.51. The van der Waals surface area contributed by atoms with Crippen LogP contribution in [0.1, 0.15) is 19.7 Å². The number of hydrogen-bond donors (Lipinski definition) is 0. The van der Waals surface area contributed by atoms with Crippen molar-refractivity contribution >= 4 is 11.8 Å². The Hall–Kier alpha value is -0.480. The second-order valence-electron chi connectivity index (χ2n) is 3.35. The van der Waals surface area contributed by atoms with Gasteiger partial charge in [-0.1, -0.05) is 6.92 Å². The lowest BCUT2D eigenvalue weighted by Crippen LogP contribution is -2.38. The first-order valence-corrected chi connectivity index (χ1v) is 6.87. The van der Waals surface area contributed by atoms with Crippen molar-refractivity contribution in [2.24, 2.45) is 0 Å². The van der Waals surface area contributed by atoms with Crippen LogP contribution in [0, 0.1) is 0 Å². The van der Waals surface area contributed by atoms with Crippen LogP contribution >= 0.6 is 11.8 Å². The lowest BCUT2D eigenvalue weighted by molar-refractivity contribution is -0.738. The molecule has 0 aliphatic carbocycles. The second kappa shape index (κ2) is 6.90. The van der Waals surface area contributed by atoms with Crippen molar-refractivity contribution in [3.8, 4) is 0 Å². The monoisotopic (exact) mass is 229 g/mol. The van der Waals surface area contributed by atoms with Crippen molar-refractivity contribution in [1.82, 2.24) is 4.57 Å². The average molecular weight is 229 g/mol. The van der Waals surface area contributed by atoms with E-state index in [0.29, 0.717) is 6.73 Å². The van der Waals surface area contributed by atoms with Gasteiger partial charge in [-0.2, -0.15) is 11.8 Å². The Bertz CT molecular complexity index is 261. The second-order valence-corrected chi connectivity index (χ2v) is 4.33. The van der Waals surface area contributed by atoms with Crippen LogP contribution in [0.4, 0.5) is 0 Å². The van der Waals surface area contributed by atoms with E-state index in [2.05, 4.69) is 34.7 Å². The quantitative estimate of drug-likeness (QED) is 0.662. The molecule has 0 spiro atoms. The fourth-order valence-corrected chi connectivity index (χ4v) is 1.98. The van der Waals surface area contributed by atoms with Gasteiger partial charge in [0.25, 0.3) is 5.82 Å². The highest BCUT2D eigenvalue weighted by Crippen LogP contribution is 2.00. The Balaban J connectivity index is 2.66. The van der Waals surface area contributed by atoms with E-state index in [1.807, 2.05) is 18.7 Å². The number of aryl methyl sites for hydroxylation is 1. The topological polar surface area (TPSA) is 18.0 Å². The van der Waals surface area contributed by atoms with E-state index < -0.39 is 0 Å². The van der Waals surface area contributed by atoms with Crippen molar-refractivity contribution in [2.45, 2.75) is 33.5 Å².